The standard InChI is InChI=1S/C10H11ClN4/c11-9-5-4-8(10(12)7-9)3-1-2-6-14-15-13/h1,3-5,7H,2,6,12H2. The zero-order chi connectivity index (χ0) is 11.1. The number of nitrogens with two attached hydrogens (primary N) is 1. The maximum atomic E-state index is 8.06. The van der Waals surface area contributed by atoms with Gasteiger partial charge in [-0.3, -0.25) is 0 Å². The van der Waals surface area contributed by atoms with Crippen molar-refractivity contribution in [3.05, 3.63) is 45.3 Å². The molecule has 0 aliphatic carbocycles. The zero-order valence-corrected chi connectivity index (χ0v) is 8.85. The lowest BCUT2D eigenvalue weighted by molar-refractivity contribution is 0.996. The molecule has 0 unspecified atom stereocenters. The Morgan fingerprint density at radius 1 is 1.53 bits per heavy atom. The van der Waals surface area contributed by atoms with E-state index in [9.17, 15) is 0 Å². The average molecular weight is 223 g/mol. The Morgan fingerprint density at radius 2 is 2.33 bits per heavy atom. The second-order valence-electron chi connectivity index (χ2n) is 2.92. The van der Waals surface area contributed by atoms with Crippen molar-refractivity contribution in [2.45, 2.75) is 6.42 Å². The fraction of sp³-hybridized carbons (Fsp3) is 0.200. The molecule has 0 spiro atoms. The van der Waals surface area contributed by atoms with E-state index < -0.39 is 0 Å². The first-order valence-electron chi connectivity index (χ1n) is 4.46. The van der Waals surface area contributed by atoms with Gasteiger partial charge >= 0.3 is 0 Å². The van der Waals surface area contributed by atoms with Crippen molar-refractivity contribution < 1.29 is 0 Å². The topological polar surface area (TPSA) is 74.8 Å². The number of hydrogen-bond acceptors (Lipinski definition) is 2. The Balaban J connectivity index is 2.60. The van der Waals surface area contributed by atoms with Gasteiger partial charge in [0.15, 0.2) is 0 Å². The summed E-state index contributed by atoms with van der Waals surface area (Å²) in [5.41, 5.74) is 15.4. The fourth-order valence-electron chi connectivity index (χ4n) is 1.08. The summed E-state index contributed by atoms with van der Waals surface area (Å²) in [7, 11) is 0. The SMILES string of the molecule is [N-]=[N+]=NCCC=Cc1ccc(Cl)cc1N. The molecule has 4 nitrogen and oxygen atoms in total. The number of rotatable bonds is 4. The number of halogens is 1. The van der Waals surface area contributed by atoms with Gasteiger partial charge in [-0.1, -0.05) is 34.9 Å². The molecule has 0 aliphatic heterocycles. The minimum atomic E-state index is 0.459. The van der Waals surface area contributed by atoms with E-state index in [1.165, 1.54) is 0 Å². The second-order valence-corrected chi connectivity index (χ2v) is 3.36. The zero-order valence-electron chi connectivity index (χ0n) is 8.10. The van der Waals surface area contributed by atoms with E-state index in [0.29, 0.717) is 23.7 Å². The molecule has 0 amide bonds. The summed E-state index contributed by atoms with van der Waals surface area (Å²) in [5, 5.41) is 4.04. The van der Waals surface area contributed by atoms with Gasteiger partial charge in [0.2, 0.25) is 0 Å². The molecule has 0 bridgehead atoms. The summed E-state index contributed by atoms with van der Waals surface area (Å²) in [6.45, 7) is 0.459. The lowest BCUT2D eigenvalue weighted by Crippen LogP contribution is -1.88. The number of nitrogen functional groups attached to an aromatic ring is 1. The Bertz CT molecular complexity index is 408. The average Bonchev–Trinajstić information content (AvgIpc) is 2.20. The molecule has 1 aromatic carbocycles. The first-order chi connectivity index (χ1) is 7.24. The van der Waals surface area contributed by atoms with Gasteiger partial charge in [-0.15, -0.1) is 0 Å². The molecular formula is C10H11ClN4. The van der Waals surface area contributed by atoms with Gasteiger partial charge in [-0.2, -0.15) is 0 Å². The van der Waals surface area contributed by atoms with Gasteiger partial charge in [-0.25, -0.2) is 0 Å². The predicted octanol–water partition coefficient (Wildman–Crippen LogP) is 3.64. The van der Waals surface area contributed by atoms with Crippen molar-refractivity contribution in [1.29, 1.82) is 0 Å². The van der Waals surface area contributed by atoms with Crippen LogP contribution in [0.5, 0.6) is 0 Å². The second kappa shape index (κ2) is 5.96. The van der Waals surface area contributed by atoms with Crippen molar-refractivity contribution in [1.82, 2.24) is 0 Å². The lowest BCUT2D eigenvalue weighted by atomic mass is 10.1. The van der Waals surface area contributed by atoms with E-state index in [1.54, 1.807) is 12.1 Å². The molecule has 0 saturated carbocycles. The van der Waals surface area contributed by atoms with Crippen LogP contribution in [0.25, 0.3) is 16.5 Å². The third-order valence-corrected chi connectivity index (χ3v) is 2.04. The number of hydrogen-bond donors (Lipinski definition) is 1. The Kier molecular flexibility index (Phi) is 4.54. The van der Waals surface area contributed by atoms with Crippen LogP contribution in [0.4, 0.5) is 5.69 Å². The molecule has 0 fully saturated rings. The highest BCUT2D eigenvalue weighted by Crippen LogP contribution is 2.19. The molecule has 5 heteroatoms. The summed E-state index contributed by atoms with van der Waals surface area (Å²) >= 11 is 5.76. The number of benzene rings is 1. The Labute approximate surface area is 93.0 Å². The van der Waals surface area contributed by atoms with Gasteiger partial charge in [0, 0.05) is 22.2 Å². The first kappa shape index (κ1) is 11.4. The molecule has 0 atom stereocenters. The summed E-state index contributed by atoms with van der Waals surface area (Å²) < 4.78 is 0. The Hall–Kier alpha value is -1.64. The van der Waals surface area contributed by atoms with Crippen molar-refractivity contribution in [3.8, 4) is 0 Å². The fourth-order valence-corrected chi connectivity index (χ4v) is 1.27. The molecule has 0 aromatic heterocycles. The van der Waals surface area contributed by atoms with Crippen LogP contribution in [0.1, 0.15) is 12.0 Å². The summed E-state index contributed by atoms with van der Waals surface area (Å²) in [6, 6.07) is 5.33. The molecule has 0 heterocycles. The maximum Gasteiger partial charge on any atom is 0.0426 e. The highest BCUT2D eigenvalue weighted by molar-refractivity contribution is 6.30. The predicted molar refractivity (Wildman–Crippen MR) is 63.5 cm³/mol. The van der Waals surface area contributed by atoms with Gasteiger partial charge < -0.3 is 5.73 Å². The van der Waals surface area contributed by atoms with Gasteiger partial charge in [0.1, 0.15) is 0 Å². The molecule has 0 saturated heterocycles. The van der Waals surface area contributed by atoms with Crippen LogP contribution in [-0.4, -0.2) is 6.54 Å². The molecule has 15 heavy (non-hydrogen) atoms. The van der Waals surface area contributed by atoms with E-state index in [-0.39, 0.29) is 0 Å². The largest absolute Gasteiger partial charge is 0.398 e. The molecular weight excluding hydrogens is 212 g/mol. The van der Waals surface area contributed by atoms with Crippen molar-refractivity contribution >= 4 is 23.4 Å². The van der Waals surface area contributed by atoms with Crippen LogP contribution in [-0.2, 0) is 0 Å². The molecule has 0 aliphatic rings. The number of anilines is 1. The maximum absolute atomic E-state index is 8.06. The van der Waals surface area contributed by atoms with Crippen LogP contribution >= 0.6 is 11.6 Å². The van der Waals surface area contributed by atoms with E-state index >= 15 is 0 Å². The van der Waals surface area contributed by atoms with Gasteiger partial charge in [-0.05, 0) is 29.6 Å². The van der Waals surface area contributed by atoms with Crippen molar-refractivity contribution in [2.75, 3.05) is 12.3 Å². The number of azide groups is 1. The third kappa shape index (κ3) is 3.94. The normalized spacial score (nSPS) is 10.2. The molecule has 78 valence electrons. The third-order valence-electron chi connectivity index (χ3n) is 1.81. The minimum absolute atomic E-state index is 0.459. The quantitative estimate of drug-likeness (QED) is 0.273. The smallest absolute Gasteiger partial charge is 0.0426 e. The van der Waals surface area contributed by atoms with Crippen molar-refractivity contribution in [2.24, 2.45) is 5.11 Å². The molecule has 0 radical (unpaired) electrons. The molecule has 2 N–H and O–H groups in total. The van der Waals surface area contributed by atoms with Crippen LogP contribution in [0.15, 0.2) is 29.4 Å². The minimum Gasteiger partial charge on any atom is -0.398 e. The van der Waals surface area contributed by atoms with E-state index in [2.05, 4.69) is 10.0 Å². The molecule has 1 rings (SSSR count). The van der Waals surface area contributed by atoms with Crippen LogP contribution in [0.3, 0.4) is 0 Å². The highest BCUT2D eigenvalue weighted by atomic mass is 35.5. The van der Waals surface area contributed by atoms with E-state index in [1.807, 2.05) is 18.2 Å². The van der Waals surface area contributed by atoms with Crippen LogP contribution in [0, 0.1) is 0 Å². The summed E-state index contributed by atoms with van der Waals surface area (Å²) in [5.74, 6) is 0. The number of nitrogens with zero attached hydrogens (tertiary/aromatic N) is 3. The van der Waals surface area contributed by atoms with Crippen LogP contribution in [0.2, 0.25) is 5.02 Å². The first-order valence-corrected chi connectivity index (χ1v) is 4.84. The Morgan fingerprint density at radius 3 is 3.00 bits per heavy atom. The summed E-state index contributed by atoms with van der Waals surface area (Å²) in [6.07, 6.45) is 4.50. The van der Waals surface area contributed by atoms with Crippen LogP contribution < -0.4 is 5.73 Å². The van der Waals surface area contributed by atoms with Crippen molar-refractivity contribution in [3.63, 3.8) is 0 Å². The van der Waals surface area contributed by atoms with Gasteiger partial charge in [0.25, 0.3) is 0 Å². The van der Waals surface area contributed by atoms with E-state index in [0.717, 1.165) is 5.56 Å². The lowest BCUT2D eigenvalue weighted by Gasteiger charge is -1.99. The monoisotopic (exact) mass is 222 g/mol. The highest BCUT2D eigenvalue weighted by Gasteiger charge is 1.94. The van der Waals surface area contributed by atoms with Gasteiger partial charge in [0.05, 0.1) is 0 Å². The molecule has 1 aromatic rings. The van der Waals surface area contributed by atoms with E-state index in [4.69, 9.17) is 22.9 Å². The summed E-state index contributed by atoms with van der Waals surface area (Å²) in [4.78, 5) is 2.66.